The molecule has 200 valence electrons. The Morgan fingerprint density at radius 2 is 1.87 bits per heavy atom. The summed E-state index contributed by atoms with van der Waals surface area (Å²) in [7, 11) is 0. The number of para-hydroxylation sites is 1. The Labute approximate surface area is 228 Å². The van der Waals surface area contributed by atoms with Gasteiger partial charge in [0.2, 0.25) is 18.6 Å². The summed E-state index contributed by atoms with van der Waals surface area (Å²) in [6.45, 7) is 2.25. The Morgan fingerprint density at radius 3 is 2.64 bits per heavy atom. The molecule has 2 aliphatic heterocycles. The standard InChI is InChI=1S/C28H24FN3O6S/c1-2-36-27(35)18-8-10-19(11-9-18)30-26(34)24-14-25(33)32(15-17-7-12-22-23(13-17)38-16-37-22)28(39-24)31-21-6-4-3-5-20(21)29/h3-13,24H,2,14-16H2,1H3,(H,30,34)/t24-/m1/s1. The van der Waals surface area contributed by atoms with Gasteiger partial charge in [-0.3, -0.25) is 14.5 Å². The fourth-order valence-electron chi connectivity index (χ4n) is 3.99. The molecule has 2 aliphatic rings. The van der Waals surface area contributed by atoms with E-state index in [1.807, 2.05) is 6.07 Å². The molecule has 0 bridgehead atoms. The lowest BCUT2D eigenvalue weighted by Crippen LogP contribution is -2.44. The molecule has 2 heterocycles. The minimum Gasteiger partial charge on any atom is -0.462 e. The first kappa shape index (κ1) is 26.2. The van der Waals surface area contributed by atoms with Crippen LogP contribution in [0.25, 0.3) is 0 Å². The molecule has 39 heavy (non-hydrogen) atoms. The van der Waals surface area contributed by atoms with Crippen molar-refractivity contribution in [1.82, 2.24) is 4.90 Å². The summed E-state index contributed by atoms with van der Waals surface area (Å²) in [6, 6.07) is 17.6. The van der Waals surface area contributed by atoms with Crippen molar-refractivity contribution in [2.45, 2.75) is 25.1 Å². The van der Waals surface area contributed by atoms with E-state index in [1.54, 1.807) is 55.5 Å². The van der Waals surface area contributed by atoms with E-state index in [9.17, 15) is 18.8 Å². The molecule has 0 spiro atoms. The third-order valence-electron chi connectivity index (χ3n) is 5.94. The summed E-state index contributed by atoms with van der Waals surface area (Å²) in [4.78, 5) is 44.2. The topological polar surface area (TPSA) is 107 Å². The van der Waals surface area contributed by atoms with Crippen LogP contribution >= 0.6 is 11.8 Å². The molecular weight excluding hydrogens is 525 g/mol. The van der Waals surface area contributed by atoms with Crippen LogP contribution in [0.5, 0.6) is 11.5 Å². The molecule has 9 nitrogen and oxygen atoms in total. The minimum atomic E-state index is -0.805. The first-order valence-electron chi connectivity index (χ1n) is 12.2. The van der Waals surface area contributed by atoms with E-state index in [-0.39, 0.29) is 43.1 Å². The van der Waals surface area contributed by atoms with E-state index in [1.165, 1.54) is 17.0 Å². The van der Waals surface area contributed by atoms with Gasteiger partial charge in [0.05, 0.1) is 18.7 Å². The number of anilines is 1. The number of ether oxygens (including phenoxy) is 3. The number of aliphatic imine (C=N–C) groups is 1. The van der Waals surface area contributed by atoms with Gasteiger partial charge in [0, 0.05) is 12.1 Å². The number of fused-ring (bicyclic) bond motifs is 1. The average molecular weight is 550 g/mol. The van der Waals surface area contributed by atoms with E-state index in [0.717, 1.165) is 17.3 Å². The van der Waals surface area contributed by atoms with E-state index < -0.39 is 22.9 Å². The third kappa shape index (κ3) is 6.04. The van der Waals surface area contributed by atoms with Crippen LogP contribution in [0.15, 0.2) is 71.7 Å². The first-order valence-corrected chi connectivity index (χ1v) is 13.1. The zero-order valence-electron chi connectivity index (χ0n) is 20.9. The summed E-state index contributed by atoms with van der Waals surface area (Å²) < 4.78 is 30.2. The second-order valence-corrected chi connectivity index (χ2v) is 9.78. The zero-order valence-corrected chi connectivity index (χ0v) is 21.7. The Hall–Kier alpha value is -4.38. The Bertz CT molecular complexity index is 1450. The number of hydrogen-bond acceptors (Lipinski definition) is 8. The Morgan fingerprint density at radius 1 is 1.10 bits per heavy atom. The third-order valence-corrected chi connectivity index (χ3v) is 7.13. The fourth-order valence-corrected chi connectivity index (χ4v) is 5.08. The molecule has 11 heteroatoms. The maximum absolute atomic E-state index is 14.5. The second-order valence-electron chi connectivity index (χ2n) is 8.61. The lowest BCUT2D eigenvalue weighted by Gasteiger charge is -2.32. The van der Waals surface area contributed by atoms with Crippen LogP contribution in [0.2, 0.25) is 0 Å². The molecule has 0 aromatic heterocycles. The number of carbonyl (C=O) groups excluding carboxylic acids is 3. The predicted molar refractivity (Wildman–Crippen MR) is 144 cm³/mol. The highest BCUT2D eigenvalue weighted by Gasteiger charge is 2.36. The summed E-state index contributed by atoms with van der Waals surface area (Å²) in [6.07, 6.45) is -0.0851. The number of nitrogens with zero attached hydrogens (tertiary/aromatic N) is 2. The summed E-state index contributed by atoms with van der Waals surface area (Å²) in [5.74, 6) is -0.566. The minimum absolute atomic E-state index is 0.0547. The van der Waals surface area contributed by atoms with Gasteiger partial charge in [0.25, 0.3) is 0 Å². The molecule has 1 N–H and O–H groups in total. The Kier molecular flexibility index (Phi) is 7.78. The van der Waals surface area contributed by atoms with Crippen molar-refractivity contribution in [2.75, 3.05) is 18.7 Å². The summed E-state index contributed by atoms with van der Waals surface area (Å²) in [5.41, 5.74) is 1.63. The highest BCUT2D eigenvalue weighted by molar-refractivity contribution is 8.15. The maximum Gasteiger partial charge on any atom is 0.338 e. The van der Waals surface area contributed by atoms with Crippen LogP contribution in [0.1, 0.15) is 29.3 Å². The van der Waals surface area contributed by atoms with Gasteiger partial charge in [-0.25, -0.2) is 14.2 Å². The quantitative estimate of drug-likeness (QED) is 0.418. The van der Waals surface area contributed by atoms with E-state index in [4.69, 9.17) is 14.2 Å². The largest absolute Gasteiger partial charge is 0.462 e. The Balaban J connectivity index is 1.36. The lowest BCUT2D eigenvalue weighted by atomic mass is 10.1. The smallest absolute Gasteiger partial charge is 0.338 e. The summed E-state index contributed by atoms with van der Waals surface area (Å²) in [5, 5.41) is 2.17. The number of amidine groups is 1. The van der Waals surface area contributed by atoms with Crippen LogP contribution in [0.3, 0.4) is 0 Å². The van der Waals surface area contributed by atoms with Crippen molar-refractivity contribution in [3.63, 3.8) is 0 Å². The molecule has 3 aromatic rings. The molecular formula is C28H24FN3O6S. The second kappa shape index (κ2) is 11.6. The number of nitrogens with one attached hydrogen (secondary N) is 1. The summed E-state index contributed by atoms with van der Waals surface area (Å²) >= 11 is 1.08. The van der Waals surface area contributed by atoms with E-state index in [0.29, 0.717) is 22.7 Å². The van der Waals surface area contributed by atoms with Crippen LogP contribution in [-0.4, -0.2) is 46.5 Å². The van der Waals surface area contributed by atoms with Gasteiger partial charge in [0.15, 0.2) is 16.7 Å². The molecule has 1 fully saturated rings. The van der Waals surface area contributed by atoms with Gasteiger partial charge in [0.1, 0.15) is 16.8 Å². The van der Waals surface area contributed by atoms with Crippen LogP contribution < -0.4 is 14.8 Å². The van der Waals surface area contributed by atoms with Crippen molar-refractivity contribution in [1.29, 1.82) is 0 Å². The SMILES string of the molecule is CCOC(=O)c1ccc(NC(=O)[C@H]2CC(=O)N(Cc3ccc4c(c3)OCO4)C(=Nc3ccccc3F)S2)cc1. The zero-order chi connectivity index (χ0) is 27.4. The van der Waals surface area contributed by atoms with Crippen molar-refractivity contribution in [3.8, 4) is 11.5 Å². The predicted octanol–water partition coefficient (Wildman–Crippen LogP) is 4.89. The van der Waals surface area contributed by atoms with Crippen molar-refractivity contribution < 1.29 is 33.0 Å². The van der Waals surface area contributed by atoms with Gasteiger partial charge in [-0.1, -0.05) is 30.0 Å². The van der Waals surface area contributed by atoms with E-state index in [2.05, 4.69) is 10.3 Å². The average Bonchev–Trinajstić information content (AvgIpc) is 3.40. The highest BCUT2D eigenvalue weighted by atomic mass is 32.2. The van der Waals surface area contributed by atoms with Gasteiger partial charge in [-0.15, -0.1) is 0 Å². The van der Waals surface area contributed by atoms with Gasteiger partial charge in [-0.2, -0.15) is 0 Å². The van der Waals surface area contributed by atoms with Gasteiger partial charge in [-0.05, 0) is 61.0 Å². The molecule has 1 saturated heterocycles. The lowest BCUT2D eigenvalue weighted by molar-refractivity contribution is -0.129. The van der Waals surface area contributed by atoms with Gasteiger partial charge >= 0.3 is 5.97 Å². The van der Waals surface area contributed by atoms with Gasteiger partial charge < -0.3 is 19.5 Å². The number of esters is 1. The van der Waals surface area contributed by atoms with Crippen molar-refractivity contribution >= 4 is 46.1 Å². The van der Waals surface area contributed by atoms with Crippen molar-refractivity contribution in [2.24, 2.45) is 4.99 Å². The number of carbonyl (C=O) groups is 3. The number of amides is 2. The molecule has 0 unspecified atom stereocenters. The number of benzene rings is 3. The fraction of sp³-hybridized carbons (Fsp3) is 0.214. The van der Waals surface area contributed by atoms with E-state index >= 15 is 0 Å². The monoisotopic (exact) mass is 549 g/mol. The molecule has 1 atom stereocenters. The molecule has 5 rings (SSSR count). The van der Waals surface area contributed by atoms with Crippen LogP contribution in [-0.2, 0) is 20.9 Å². The first-order chi connectivity index (χ1) is 18.9. The van der Waals surface area contributed by atoms with Crippen molar-refractivity contribution in [3.05, 3.63) is 83.7 Å². The molecule has 0 aliphatic carbocycles. The molecule has 3 aromatic carbocycles. The normalized spacial score (nSPS) is 17.3. The molecule has 0 saturated carbocycles. The number of thioether (sulfide) groups is 1. The number of halogens is 1. The molecule has 2 amide bonds. The van der Waals surface area contributed by atoms with Crippen LogP contribution in [0.4, 0.5) is 15.8 Å². The highest BCUT2D eigenvalue weighted by Crippen LogP contribution is 2.35. The molecule has 0 radical (unpaired) electrons. The number of hydrogen-bond donors (Lipinski definition) is 1. The van der Waals surface area contributed by atoms with Crippen LogP contribution in [0, 0.1) is 5.82 Å². The maximum atomic E-state index is 14.5. The number of rotatable bonds is 7.